The Bertz CT molecular complexity index is 809. The molecule has 1 aliphatic heterocycles. The summed E-state index contributed by atoms with van der Waals surface area (Å²) in [7, 11) is 1.64. The quantitative estimate of drug-likeness (QED) is 0.619. The number of likely N-dealkylation sites (N-methyl/N-ethyl adjacent to an activating group) is 1. The third-order valence-corrected chi connectivity index (χ3v) is 5.94. The smallest absolute Gasteiger partial charge is 0.226 e. The van der Waals surface area contributed by atoms with Crippen LogP contribution in [0, 0.1) is 11.7 Å². The van der Waals surface area contributed by atoms with Crippen molar-refractivity contribution in [3.8, 4) is 5.75 Å². The van der Waals surface area contributed by atoms with Crippen LogP contribution in [0.5, 0.6) is 5.75 Å². The number of carbonyl (C=O) groups is 1. The van der Waals surface area contributed by atoms with Gasteiger partial charge in [0.15, 0.2) is 0 Å². The minimum absolute atomic E-state index is 0.169. The Morgan fingerprint density at radius 3 is 2.70 bits per heavy atom. The minimum Gasteiger partial charge on any atom is -0.497 e. The molecule has 1 fully saturated rings. The van der Waals surface area contributed by atoms with Gasteiger partial charge < -0.3 is 14.5 Å². The van der Waals surface area contributed by atoms with Gasteiger partial charge >= 0.3 is 0 Å². The number of carbonyl (C=O) groups excluding carboxylic acids is 1. The molecule has 1 saturated heterocycles. The number of nitrogens with zero attached hydrogens (tertiary/aromatic N) is 2. The Hall–Kier alpha value is -2.40. The van der Waals surface area contributed by atoms with E-state index >= 15 is 0 Å². The Morgan fingerprint density at radius 2 is 2.00 bits per heavy atom. The molecule has 1 aliphatic rings. The number of hydrogen-bond donors (Lipinski definition) is 0. The maximum Gasteiger partial charge on any atom is 0.226 e. The highest BCUT2D eigenvalue weighted by Gasteiger charge is 2.23. The molecule has 162 valence electrons. The van der Waals surface area contributed by atoms with E-state index in [2.05, 4.69) is 11.8 Å². The van der Waals surface area contributed by atoms with Gasteiger partial charge in [0.05, 0.1) is 13.5 Å². The van der Waals surface area contributed by atoms with Crippen molar-refractivity contribution in [3.05, 3.63) is 65.5 Å². The van der Waals surface area contributed by atoms with Crippen molar-refractivity contribution < 1.29 is 13.9 Å². The monoisotopic (exact) mass is 412 g/mol. The molecule has 2 aromatic carbocycles. The summed E-state index contributed by atoms with van der Waals surface area (Å²) in [5.41, 5.74) is 2.06. The van der Waals surface area contributed by atoms with Crippen molar-refractivity contribution in [2.24, 2.45) is 5.92 Å². The molecule has 0 N–H and O–H groups in total. The van der Waals surface area contributed by atoms with E-state index in [1.54, 1.807) is 19.2 Å². The van der Waals surface area contributed by atoms with Crippen LogP contribution in [0.1, 0.15) is 30.9 Å². The minimum atomic E-state index is -0.169. The normalized spacial score (nSPS) is 17.0. The zero-order chi connectivity index (χ0) is 21.3. The average molecular weight is 413 g/mol. The van der Waals surface area contributed by atoms with E-state index in [-0.39, 0.29) is 11.7 Å². The largest absolute Gasteiger partial charge is 0.497 e. The molecule has 1 heterocycles. The Labute approximate surface area is 179 Å². The molecule has 1 amide bonds. The van der Waals surface area contributed by atoms with Gasteiger partial charge in [0, 0.05) is 26.2 Å². The second-order valence-corrected chi connectivity index (χ2v) is 8.15. The van der Waals surface area contributed by atoms with Crippen LogP contribution in [0.2, 0.25) is 0 Å². The van der Waals surface area contributed by atoms with Gasteiger partial charge in [-0.2, -0.15) is 0 Å². The number of rotatable bonds is 9. The van der Waals surface area contributed by atoms with Crippen LogP contribution >= 0.6 is 0 Å². The van der Waals surface area contributed by atoms with E-state index in [1.807, 2.05) is 35.2 Å². The number of benzene rings is 2. The molecule has 1 atom stereocenters. The lowest BCUT2D eigenvalue weighted by Crippen LogP contribution is -2.43. The molecule has 0 radical (unpaired) electrons. The van der Waals surface area contributed by atoms with Gasteiger partial charge in [-0.25, -0.2) is 4.39 Å². The lowest BCUT2D eigenvalue weighted by Gasteiger charge is -2.35. The van der Waals surface area contributed by atoms with Crippen LogP contribution in [0.3, 0.4) is 0 Å². The summed E-state index contributed by atoms with van der Waals surface area (Å²) in [6, 6.07) is 14.6. The van der Waals surface area contributed by atoms with Gasteiger partial charge in [-0.05, 0) is 74.0 Å². The average Bonchev–Trinajstić information content (AvgIpc) is 2.77. The Kier molecular flexibility index (Phi) is 8.26. The molecule has 0 bridgehead atoms. The maximum atomic E-state index is 13.4. The molecule has 0 saturated carbocycles. The van der Waals surface area contributed by atoms with E-state index in [4.69, 9.17) is 4.74 Å². The van der Waals surface area contributed by atoms with Crippen LogP contribution in [0.4, 0.5) is 4.39 Å². The fraction of sp³-hybridized carbons (Fsp3) is 0.480. The predicted molar refractivity (Wildman–Crippen MR) is 118 cm³/mol. The molecular formula is C25H33FN2O2. The number of hydrogen-bond acceptors (Lipinski definition) is 3. The molecule has 2 aromatic rings. The molecule has 0 spiro atoms. The second kappa shape index (κ2) is 11.1. The SMILES string of the molecule is CCN(C[C@H]1CCCN(CCc2cccc(F)c2)C1)C(=O)Cc1ccc(OC)cc1. The van der Waals surface area contributed by atoms with Crippen molar-refractivity contribution >= 4 is 5.91 Å². The van der Waals surface area contributed by atoms with Crippen molar-refractivity contribution in [3.63, 3.8) is 0 Å². The van der Waals surface area contributed by atoms with Gasteiger partial charge in [-0.1, -0.05) is 24.3 Å². The number of halogens is 1. The van der Waals surface area contributed by atoms with Crippen LogP contribution in [-0.4, -0.2) is 55.5 Å². The highest BCUT2D eigenvalue weighted by molar-refractivity contribution is 5.78. The van der Waals surface area contributed by atoms with E-state index in [0.717, 1.165) is 68.9 Å². The Morgan fingerprint density at radius 1 is 1.20 bits per heavy atom. The Balaban J connectivity index is 1.49. The van der Waals surface area contributed by atoms with E-state index in [0.29, 0.717) is 12.3 Å². The summed E-state index contributed by atoms with van der Waals surface area (Å²) >= 11 is 0. The van der Waals surface area contributed by atoms with Crippen LogP contribution in [0.25, 0.3) is 0 Å². The summed E-state index contributed by atoms with van der Waals surface area (Å²) in [6.07, 6.45) is 3.59. The van der Waals surface area contributed by atoms with Crippen molar-refractivity contribution in [2.45, 2.75) is 32.6 Å². The zero-order valence-corrected chi connectivity index (χ0v) is 18.1. The van der Waals surface area contributed by atoms with Gasteiger partial charge in [0.25, 0.3) is 0 Å². The second-order valence-electron chi connectivity index (χ2n) is 8.15. The van der Waals surface area contributed by atoms with Crippen LogP contribution in [0.15, 0.2) is 48.5 Å². The fourth-order valence-electron chi connectivity index (χ4n) is 4.23. The standard InChI is InChI=1S/C25H33FN2O2/c1-3-28(25(29)17-21-9-11-24(30-2)12-10-21)19-22-7-5-14-27(18-22)15-13-20-6-4-8-23(26)16-20/h4,6,8-12,16,22H,3,5,7,13-15,17-19H2,1-2H3/t22-/m0/s1. The highest BCUT2D eigenvalue weighted by Crippen LogP contribution is 2.19. The number of methoxy groups -OCH3 is 1. The topological polar surface area (TPSA) is 32.8 Å². The number of ether oxygens (including phenoxy) is 1. The van der Waals surface area contributed by atoms with Crippen LogP contribution < -0.4 is 4.74 Å². The molecule has 0 aliphatic carbocycles. The first-order valence-electron chi connectivity index (χ1n) is 10.9. The summed E-state index contributed by atoms with van der Waals surface area (Å²) < 4.78 is 18.6. The summed E-state index contributed by atoms with van der Waals surface area (Å²) in [5.74, 6) is 1.31. The highest BCUT2D eigenvalue weighted by atomic mass is 19.1. The molecule has 0 unspecified atom stereocenters. The lowest BCUT2D eigenvalue weighted by molar-refractivity contribution is -0.131. The van der Waals surface area contributed by atoms with Crippen molar-refractivity contribution in [1.82, 2.24) is 9.80 Å². The van der Waals surface area contributed by atoms with Gasteiger partial charge in [-0.15, -0.1) is 0 Å². The third-order valence-electron chi connectivity index (χ3n) is 5.94. The number of amides is 1. The summed E-state index contributed by atoms with van der Waals surface area (Å²) in [4.78, 5) is 17.3. The van der Waals surface area contributed by atoms with Crippen molar-refractivity contribution in [1.29, 1.82) is 0 Å². The summed E-state index contributed by atoms with van der Waals surface area (Å²) in [5, 5.41) is 0. The van der Waals surface area contributed by atoms with E-state index in [1.165, 1.54) is 6.07 Å². The van der Waals surface area contributed by atoms with Gasteiger partial charge in [0.1, 0.15) is 11.6 Å². The lowest BCUT2D eigenvalue weighted by atomic mass is 9.96. The fourth-order valence-corrected chi connectivity index (χ4v) is 4.23. The summed E-state index contributed by atoms with van der Waals surface area (Å²) in [6.45, 7) is 6.61. The first kappa shape index (κ1) is 22.3. The van der Waals surface area contributed by atoms with Gasteiger partial charge in [0.2, 0.25) is 5.91 Å². The number of likely N-dealkylation sites (tertiary alicyclic amines) is 1. The first-order chi connectivity index (χ1) is 14.6. The van der Waals surface area contributed by atoms with Crippen LogP contribution in [-0.2, 0) is 17.6 Å². The maximum absolute atomic E-state index is 13.4. The molecule has 5 heteroatoms. The molecule has 30 heavy (non-hydrogen) atoms. The molecule has 3 rings (SSSR count). The van der Waals surface area contributed by atoms with Gasteiger partial charge in [-0.3, -0.25) is 4.79 Å². The van der Waals surface area contributed by atoms with E-state index < -0.39 is 0 Å². The number of piperidine rings is 1. The molecule has 0 aromatic heterocycles. The molecule has 4 nitrogen and oxygen atoms in total. The third kappa shape index (κ3) is 6.56. The van der Waals surface area contributed by atoms with Crippen molar-refractivity contribution in [2.75, 3.05) is 39.8 Å². The molecular weight excluding hydrogens is 379 g/mol. The first-order valence-corrected chi connectivity index (χ1v) is 10.9. The van der Waals surface area contributed by atoms with E-state index in [9.17, 15) is 9.18 Å². The predicted octanol–water partition coefficient (Wildman–Crippen LogP) is 4.18. The zero-order valence-electron chi connectivity index (χ0n) is 18.1.